The second-order valence-corrected chi connectivity index (χ2v) is 8.26. The van der Waals surface area contributed by atoms with Crippen LogP contribution in [0.15, 0.2) is 11.5 Å². The molecule has 0 spiro atoms. The van der Waals surface area contributed by atoms with Crippen molar-refractivity contribution in [2.45, 2.75) is 96.8 Å². The van der Waals surface area contributed by atoms with Crippen molar-refractivity contribution in [2.75, 3.05) is 6.54 Å². The summed E-state index contributed by atoms with van der Waals surface area (Å²) in [4.78, 5) is 10.2. The molecule has 0 aromatic rings. The summed E-state index contributed by atoms with van der Waals surface area (Å²) >= 11 is 0. The quantitative estimate of drug-likeness (QED) is 0.264. The summed E-state index contributed by atoms with van der Waals surface area (Å²) in [5.74, 6) is -1.26. The van der Waals surface area contributed by atoms with E-state index in [0.29, 0.717) is 0 Å². The molecule has 0 saturated heterocycles. The molecule has 1 N–H and O–H groups in total. The van der Waals surface area contributed by atoms with Gasteiger partial charge in [-0.15, -0.1) is 0 Å². The van der Waals surface area contributed by atoms with Crippen LogP contribution in [0.2, 0.25) is 0 Å². The van der Waals surface area contributed by atoms with Gasteiger partial charge in [0.25, 0.3) is 0 Å². The standard InChI is InChI=1S/C19H37NO4S.K/c1-2-3-4-5-6-7-8-9-10-11-12-13-14-15-18-25(23,24)20-17-16-19(21)22;/h15,18,20H,2-14,16-17H2,1H3,(H,21,22);/q;+1/p-1/b18-15+;. The molecule has 26 heavy (non-hydrogen) atoms. The van der Waals surface area contributed by atoms with Gasteiger partial charge in [0.1, 0.15) is 0 Å². The van der Waals surface area contributed by atoms with E-state index in [9.17, 15) is 18.3 Å². The van der Waals surface area contributed by atoms with E-state index in [1.807, 2.05) is 0 Å². The first kappa shape index (κ1) is 29.0. The van der Waals surface area contributed by atoms with Crippen LogP contribution in [0.3, 0.4) is 0 Å². The second-order valence-electron chi connectivity index (χ2n) is 6.61. The SMILES string of the molecule is CCCCCCCCCCCCCC/C=C/S(=O)(=O)NCCC(=O)[O-].[K+]. The maximum Gasteiger partial charge on any atom is 1.00 e. The van der Waals surface area contributed by atoms with Gasteiger partial charge in [-0.25, -0.2) is 13.1 Å². The van der Waals surface area contributed by atoms with Crippen LogP contribution in [-0.4, -0.2) is 20.9 Å². The van der Waals surface area contributed by atoms with Crippen LogP contribution in [0.1, 0.15) is 96.8 Å². The van der Waals surface area contributed by atoms with Crippen LogP contribution in [0.4, 0.5) is 0 Å². The van der Waals surface area contributed by atoms with Crippen molar-refractivity contribution < 1.29 is 69.7 Å². The van der Waals surface area contributed by atoms with E-state index in [4.69, 9.17) is 0 Å². The number of nitrogens with one attached hydrogen (secondary N) is 1. The van der Waals surface area contributed by atoms with Gasteiger partial charge in [0.15, 0.2) is 0 Å². The predicted molar refractivity (Wildman–Crippen MR) is 101 cm³/mol. The van der Waals surface area contributed by atoms with Crippen LogP contribution in [0.25, 0.3) is 0 Å². The number of hydrogen-bond donors (Lipinski definition) is 1. The zero-order chi connectivity index (χ0) is 18.8. The number of hydrogen-bond acceptors (Lipinski definition) is 4. The number of carbonyl (C=O) groups is 1. The average Bonchev–Trinajstić information content (AvgIpc) is 2.54. The van der Waals surface area contributed by atoms with Gasteiger partial charge in [0.2, 0.25) is 10.0 Å². The molecule has 148 valence electrons. The molecule has 0 unspecified atom stereocenters. The number of carbonyl (C=O) groups excluding carboxylic acids is 1. The maximum atomic E-state index is 11.5. The van der Waals surface area contributed by atoms with Crippen LogP contribution >= 0.6 is 0 Å². The van der Waals surface area contributed by atoms with Gasteiger partial charge in [-0.05, 0) is 12.8 Å². The van der Waals surface area contributed by atoms with E-state index in [1.165, 1.54) is 64.2 Å². The molecule has 0 amide bonds. The van der Waals surface area contributed by atoms with Crippen molar-refractivity contribution in [3.05, 3.63) is 11.5 Å². The van der Waals surface area contributed by atoms with Crippen molar-refractivity contribution >= 4 is 16.0 Å². The number of carboxylic acids is 1. The third-order valence-corrected chi connectivity index (χ3v) is 5.29. The first-order chi connectivity index (χ1) is 12.0. The fourth-order valence-corrected chi connectivity index (χ4v) is 3.51. The molecule has 0 bridgehead atoms. The van der Waals surface area contributed by atoms with Crippen molar-refractivity contribution in [3.63, 3.8) is 0 Å². The summed E-state index contributed by atoms with van der Waals surface area (Å²) in [5, 5.41) is 11.3. The molecule has 0 aromatic heterocycles. The molecule has 0 heterocycles. The molecule has 0 aliphatic rings. The van der Waals surface area contributed by atoms with Gasteiger partial charge in [-0.1, -0.05) is 83.6 Å². The molecule has 7 heteroatoms. The molecule has 0 aliphatic heterocycles. The monoisotopic (exact) mass is 413 g/mol. The Morgan fingerprint density at radius 1 is 0.885 bits per heavy atom. The predicted octanol–water partition coefficient (Wildman–Crippen LogP) is 0.655. The van der Waals surface area contributed by atoms with Crippen LogP contribution in [0, 0.1) is 0 Å². The van der Waals surface area contributed by atoms with Crippen molar-refractivity contribution in [2.24, 2.45) is 0 Å². The molecule has 0 atom stereocenters. The van der Waals surface area contributed by atoms with Crippen LogP contribution in [-0.2, 0) is 14.8 Å². The molecular formula is C19H36KNO4S. The van der Waals surface area contributed by atoms with Gasteiger partial charge in [-0.2, -0.15) is 0 Å². The van der Waals surface area contributed by atoms with Crippen molar-refractivity contribution in [1.82, 2.24) is 4.72 Å². The van der Waals surface area contributed by atoms with Gasteiger partial charge >= 0.3 is 51.4 Å². The number of aliphatic carboxylic acids is 1. The maximum absolute atomic E-state index is 11.5. The molecule has 5 nitrogen and oxygen atoms in total. The normalized spacial score (nSPS) is 11.6. The largest absolute Gasteiger partial charge is 1.00 e. The third kappa shape index (κ3) is 22.8. The number of allylic oxidation sites excluding steroid dienone is 1. The number of carboxylic acid groups (broad SMARTS) is 1. The van der Waals surface area contributed by atoms with Crippen molar-refractivity contribution in [3.8, 4) is 0 Å². The summed E-state index contributed by atoms with van der Waals surface area (Å²) in [7, 11) is -3.52. The van der Waals surface area contributed by atoms with Gasteiger partial charge < -0.3 is 9.90 Å². The summed E-state index contributed by atoms with van der Waals surface area (Å²) in [5.41, 5.74) is 0. The fraction of sp³-hybridized carbons (Fsp3) is 0.842. The zero-order valence-electron chi connectivity index (χ0n) is 16.8. The average molecular weight is 414 g/mol. The van der Waals surface area contributed by atoms with E-state index in [1.54, 1.807) is 6.08 Å². The van der Waals surface area contributed by atoms with E-state index < -0.39 is 16.0 Å². The fourth-order valence-electron chi connectivity index (χ4n) is 2.64. The molecule has 0 aliphatic carbocycles. The Morgan fingerprint density at radius 2 is 1.35 bits per heavy atom. The Morgan fingerprint density at radius 3 is 1.81 bits per heavy atom. The molecule has 0 saturated carbocycles. The van der Waals surface area contributed by atoms with Gasteiger partial charge in [-0.3, -0.25) is 0 Å². The van der Waals surface area contributed by atoms with E-state index in [-0.39, 0.29) is 64.4 Å². The molecule has 0 radical (unpaired) electrons. The smallest absolute Gasteiger partial charge is 0.550 e. The van der Waals surface area contributed by atoms with E-state index in [2.05, 4.69) is 11.6 Å². The number of unbranched alkanes of at least 4 members (excludes halogenated alkanes) is 12. The minimum absolute atomic E-state index is 0. The molecule has 0 rings (SSSR count). The Labute approximate surface area is 203 Å². The molecular weight excluding hydrogens is 377 g/mol. The Hall–Kier alpha value is 0.756. The van der Waals surface area contributed by atoms with Crippen LogP contribution < -0.4 is 61.2 Å². The number of rotatable bonds is 18. The Kier molecular flexibility index (Phi) is 22.8. The topological polar surface area (TPSA) is 86.3 Å². The number of sulfonamides is 1. The minimum atomic E-state index is -3.52. The first-order valence-electron chi connectivity index (χ1n) is 9.84. The summed E-state index contributed by atoms with van der Waals surface area (Å²) in [6.07, 6.45) is 17.4. The van der Waals surface area contributed by atoms with Crippen LogP contribution in [0.5, 0.6) is 0 Å². The third-order valence-electron chi connectivity index (χ3n) is 4.13. The summed E-state index contributed by atoms with van der Waals surface area (Å²) < 4.78 is 25.2. The second kappa shape index (κ2) is 20.5. The van der Waals surface area contributed by atoms with Gasteiger partial charge in [0, 0.05) is 24.3 Å². The van der Waals surface area contributed by atoms with Crippen molar-refractivity contribution in [1.29, 1.82) is 0 Å². The summed E-state index contributed by atoms with van der Waals surface area (Å²) in [6.45, 7) is 2.11. The Balaban J connectivity index is 0. The summed E-state index contributed by atoms with van der Waals surface area (Å²) in [6, 6.07) is 0. The van der Waals surface area contributed by atoms with E-state index >= 15 is 0 Å². The zero-order valence-corrected chi connectivity index (χ0v) is 20.7. The van der Waals surface area contributed by atoms with E-state index in [0.717, 1.165) is 24.7 Å². The Bertz CT molecular complexity index is 452. The first-order valence-corrected chi connectivity index (χ1v) is 11.4. The minimum Gasteiger partial charge on any atom is -0.550 e. The molecule has 0 aromatic carbocycles. The molecule has 0 fully saturated rings. The van der Waals surface area contributed by atoms with Gasteiger partial charge in [0.05, 0.1) is 0 Å².